The van der Waals surface area contributed by atoms with Gasteiger partial charge < -0.3 is 9.80 Å². The number of fused-ring (bicyclic) bond motifs is 1. The molecular formula is C22H25N3O3S2. The summed E-state index contributed by atoms with van der Waals surface area (Å²) in [5, 5.41) is 0.979. The molecule has 2 heterocycles. The van der Waals surface area contributed by atoms with Gasteiger partial charge in [0.1, 0.15) is 0 Å². The van der Waals surface area contributed by atoms with Crippen LogP contribution in [0.2, 0.25) is 0 Å². The quantitative estimate of drug-likeness (QED) is 0.602. The molecule has 3 aromatic rings. The Balaban J connectivity index is 1.51. The molecule has 0 unspecified atom stereocenters. The van der Waals surface area contributed by atoms with E-state index in [4.69, 9.17) is 4.98 Å². The maximum absolute atomic E-state index is 13.1. The minimum Gasteiger partial charge on any atom is -0.345 e. The molecule has 0 aliphatic carbocycles. The number of carbonyl (C=O) groups excluding carboxylic acids is 1. The maximum Gasteiger partial charge on any atom is 0.255 e. The van der Waals surface area contributed by atoms with E-state index in [1.165, 1.54) is 16.3 Å². The molecule has 4 rings (SSSR count). The summed E-state index contributed by atoms with van der Waals surface area (Å²) in [7, 11) is -3.45. The van der Waals surface area contributed by atoms with Crippen LogP contribution in [0.15, 0.2) is 47.4 Å². The van der Waals surface area contributed by atoms with Gasteiger partial charge in [0.25, 0.3) is 5.91 Å². The van der Waals surface area contributed by atoms with Crippen molar-refractivity contribution < 1.29 is 13.2 Å². The van der Waals surface area contributed by atoms with E-state index in [1.54, 1.807) is 41.4 Å². The Morgan fingerprint density at radius 2 is 1.77 bits per heavy atom. The number of carbonyl (C=O) groups is 1. The molecule has 0 radical (unpaired) electrons. The van der Waals surface area contributed by atoms with E-state index in [2.05, 4.69) is 30.0 Å². The van der Waals surface area contributed by atoms with Crippen LogP contribution < -0.4 is 4.90 Å². The molecule has 0 saturated carbocycles. The van der Waals surface area contributed by atoms with Crippen molar-refractivity contribution in [2.45, 2.75) is 25.2 Å². The highest BCUT2D eigenvalue weighted by Gasteiger charge is 2.28. The second-order valence-electron chi connectivity index (χ2n) is 7.29. The number of thiazole rings is 1. The number of benzene rings is 2. The van der Waals surface area contributed by atoms with Crippen molar-refractivity contribution >= 4 is 42.4 Å². The van der Waals surface area contributed by atoms with Crippen LogP contribution in [-0.2, 0) is 16.3 Å². The SMILES string of the molecule is CCc1cccc2sc(N3CCN(C(=O)c4ccccc4S(=O)(=O)CC)CC3)nc12. The summed E-state index contributed by atoms with van der Waals surface area (Å²) >= 11 is 1.68. The van der Waals surface area contributed by atoms with Gasteiger partial charge in [-0.15, -0.1) is 0 Å². The molecule has 1 aromatic heterocycles. The zero-order chi connectivity index (χ0) is 21.3. The van der Waals surface area contributed by atoms with Crippen molar-refractivity contribution in [3.63, 3.8) is 0 Å². The van der Waals surface area contributed by atoms with Gasteiger partial charge in [-0.25, -0.2) is 13.4 Å². The largest absolute Gasteiger partial charge is 0.345 e. The second kappa shape index (κ2) is 8.35. The van der Waals surface area contributed by atoms with Gasteiger partial charge in [-0.3, -0.25) is 4.79 Å². The average molecular weight is 444 g/mol. The Kier molecular flexibility index (Phi) is 5.79. The highest BCUT2D eigenvalue weighted by atomic mass is 32.2. The Bertz CT molecular complexity index is 1180. The van der Waals surface area contributed by atoms with Crippen molar-refractivity contribution in [2.24, 2.45) is 0 Å². The molecule has 1 amide bonds. The lowest BCUT2D eigenvalue weighted by molar-refractivity contribution is 0.0743. The smallest absolute Gasteiger partial charge is 0.255 e. The van der Waals surface area contributed by atoms with Crippen molar-refractivity contribution in [2.75, 3.05) is 36.8 Å². The fourth-order valence-electron chi connectivity index (χ4n) is 3.76. The standard InChI is InChI=1S/C22H25N3O3S2/c1-3-16-8-7-10-18-20(16)23-22(29-18)25-14-12-24(13-15-25)21(26)17-9-5-6-11-19(17)30(27,28)4-2/h5-11H,3-4,12-15H2,1-2H3. The molecule has 0 atom stereocenters. The lowest BCUT2D eigenvalue weighted by Gasteiger charge is -2.34. The molecule has 1 fully saturated rings. The number of nitrogens with zero attached hydrogens (tertiary/aromatic N) is 3. The van der Waals surface area contributed by atoms with Crippen molar-refractivity contribution in [1.82, 2.24) is 9.88 Å². The Labute approximate surface area is 181 Å². The molecule has 6 nitrogen and oxygen atoms in total. The minimum absolute atomic E-state index is 0.0254. The number of sulfone groups is 1. The fraction of sp³-hybridized carbons (Fsp3) is 0.364. The van der Waals surface area contributed by atoms with Gasteiger partial charge in [0.2, 0.25) is 0 Å². The van der Waals surface area contributed by atoms with E-state index >= 15 is 0 Å². The number of para-hydroxylation sites is 1. The number of rotatable bonds is 5. The van der Waals surface area contributed by atoms with E-state index in [1.807, 2.05) is 0 Å². The van der Waals surface area contributed by atoms with Crippen LogP contribution in [-0.4, -0.2) is 56.1 Å². The topological polar surface area (TPSA) is 70.6 Å². The minimum atomic E-state index is -3.45. The zero-order valence-corrected chi connectivity index (χ0v) is 18.8. The first kappa shape index (κ1) is 20.8. The Morgan fingerprint density at radius 3 is 2.47 bits per heavy atom. The van der Waals surface area contributed by atoms with Crippen LogP contribution in [0.4, 0.5) is 5.13 Å². The van der Waals surface area contributed by atoms with Crippen molar-refractivity contribution in [1.29, 1.82) is 0 Å². The molecule has 1 aliphatic rings. The molecule has 1 aliphatic heterocycles. The summed E-state index contributed by atoms with van der Waals surface area (Å²) in [5.74, 6) is -0.248. The van der Waals surface area contributed by atoms with Gasteiger partial charge >= 0.3 is 0 Å². The molecule has 1 saturated heterocycles. The molecule has 0 spiro atoms. The van der Waals surface area contributed by atoms with E-state index in [0.717, 1.165) is 17.1 Å². The second-order valence-corrected chi connectivity index (χ2v) is 10.5. The molecule has 8 heteroatoms. The first-order valence-corrected chi connectivity index (χ1v) is 12.7. The third-order valence-electron chi connectivity index (χ3n) is 5.54. The number of amides is 1. The normalized spacial score (nSPS) is 15.0. The van der Waals surface area contributed by atoms with Gasteiger partial charge in [-0.05, 0) is 30.2 Å². The molecule has 158 valence electrons. The van der Waals surface area contributed by atoms with Gasteiger partial charge in [-0.2, -0.15) is 0 Å². The van der Waals surface area contributed by atoms with Crippen LogP contribution in [0.25, 0.3) is 10.2 Å². The molecule has 0 bridgehead atoms. The molecule has 30 heavy (non-hydrogen) atoms. The number of piperazine rings is 1. The Morgan fingerprint density at radius 1 is 1.03 bits per heavy atom. The number of hydrogen-bond donors (Lipinski definition) is 0. The molecular weight excluding hydrogens is 418 g/mol. The first-order chi connectivity index (χ1) is 14.4. The van der Waals surface area contributed by atoms with Crippen LogP contribution in [0.5, 0.6) is 0 Å². The summed E-state index contributed by atoms with van der Waals surface area (Å²) in [6, 6.07) is 12.8. The van der Waals surface area contributed by atoms with Gasteiger partial charge in [0.05, 0.1) is 26.4 Å². The lowest BCUT2D eigenvalue weighted by atomic mass is 10.1. The summed E-state index contributed by atoms with van der Waals surface area (Å²) in [6.07, 6.45) is 0.947. The Hall–Kier alpha value is -2.45. The van der Waals surface area contributed by atoms with E-state index < -0.39 is 9.84 Å². The third-order valence-corrected chi connectivity index (χ3v) is 8.41. The summed E-state index contributed by atoms with van der Waals surface area (Å²) < 4.78 is 26.0. The highest BCUT2D eigenvalue weighted by Crippen LogP contribution is 2.31. The predicted octanol–water partition coefficient (Wildman–Crippen LogP) is 3.61. The van der Waals surface area contributed by atoms with E-state index in [0.29, 0.717) is 26.2 Å². The highest BCUT2D eigenvalue weighted by molar-refractivity contribution is 7.91. The third kappa shape index (κ3) is 3.81. The average Bonchev–Trinajstić information content (AvgIpc) is 3.23. The van der Waals surface area contributed by atoms with Crippen LogP contribution in [0, 0.1) is 0 Å². The van der Waals surface area contributed by atoms with Gasteiger partial charge in [-0.1, -0.05) is 49.4 Å². The van der Waals surface area contributed by atoms with Crippen LogP contribution in [0.1, 0.15) is 29.8 Å². The van der Waals surface area contributed by atoms with Crippen molar-refractivity contribution in [3.05, 3.63) is 53.6 Å². The molecule has 0 N–H and O–H groups in total. The summed E-state index contributed by atoms with van der Waals surface area (Å²) in [4.78, 5) is 22.0. The van der Waals surface area contributed by atoms with E-state index in [9.17, 15) is 13.2 Å². The number of aromatic nitrogens is 1. The zero-order valence-electron chi connectivity index (χ0n) is 17.2. The van der Waals surface area contributed by atoms with Crippen LogP contribution in [0.3, 0.4) is 0 Å². The fourth-order valence-corrected chi connectivity index (χ4v) is 5.91. The maximum atomic E-state index is 13.1. The summed E-state index contributed by atoms with van der Waals surface area (Å²) in [5.41, 5.74) is 2.58. The lowest BCUT2D eigenvalue weighted by Crippen LogP contribution is -2.49. The summed E-state index contributed by atoms with van der Waals surface area (Å²) in [6.45, 7) is 6.16. The van der Waals surface area contributed by atoms with Crippen LogP contribution >= 0.6 is 11.3 Å². The number of anilines is 1. The predicted molar refractivity (Wildman–Crippen MR) is 121 cm³/mol. The number of hydrogen-bond acceptors (Lipinski definition) is 6. The monoisotopic (exact) mass is 443 g/mol. The van der Waals surface area contributed by atoms with Gasteiger partial charge in [0.15, 0.2) is 15.0 Å². The van der Waals surface area contributed by atoms with Gasteiger partial charge in [0, 0.05) is 26.2 Å². The van der Waals surface area contributed by atoms with Crippen molar-refractivity contribution in [3.8, 4) is 0 Å². The molecule has 2 aromatic carbocycles. The first-order valence-electron chi connectivity index (χ1n) is 10.2. The number of aryl methyl sites for hydroxylation is 1. The van der Waals surface area contributed by atoms with E-state index in [-0.39, 0.29) is 22.1 Å².